The highest BCUT2D eigenvalue weighted by Gasteiger charge is 2.39. The molecule has 26 heavy (non-hydrogen) atoms. The zero-order valence-corrected chi connectivity index (χ0v) is 16.4. The molecule has 5 nitrogen and oxygen atoms in total. The molecule has 1 heterocycles. The lowest BCUT2D eigenvalue weighted by atomic mass is 10.1. The number of hydrogen-bond acceptors (Lipinski definition) is 3. The Bertz CT molecular complexity index is 947. The van der Waals surface area contributed by atoms with Gasteiger partial charge in [0.15, 0.2) is 0 Å². The second-order valence-electron chi connectivity index (χ2n) is 6.15. The van der Waals surface area contributed by atoms with Crippen LogP contribution in [0.3, 0.4) is 0 Å². The highest BCUT2D eigenvalue weighted by atomic mass is 35.5. The van der Waals surface area contributed by atoms with E-state index in [1.54, 1.807) is 6.07 Å². The Labute approximate surface area is 163 Å². The molecule has 0 radical (unpaired) electrons. The number of carbonyl (C=O) groups excluding carboxylic acids is 1. The maximum absolute atomic E-state index is 13.0. The molecule has 3 rings (SSSR count). The number of anilines is 1. The van der Waals surface area contributed by atoms with Crippen LogP contribution in [0.25, 0.3) is 0 Å². The highest BCUT2D eigenvalue weighted by Crippen LogP contribution is 2.31. The van der Waals surface area contributed by atoms with Gasteiger partial charge in [0, 0.05) is 12.2 Å². The molecule has 1 saturated heterocycles. The third-order valence-electron chi connectivity index (χ3n) is 4.41. The summed E-state index contributed by atoms with van der Waals surface area (Å²) >= 11 is 11.8. The summed E-state index contributed by atoms with van der Waals surface area (Å²) in [7, 11) is -3.85. The van der Waals surface area contributed by atoms with Crippen LogP contribution in [-0.4, -0.2) is 31.2 Å². The lowest BCUT2D eigenvalue weighted by Gasteiger charge is -2.24. The molecule has 0 aromatic heterocycles. The van der Waals surface area contributed by atoms with Crippen LogP contribution in [0.2, 0.25) is 10.0 Å². The van der Waals surface area contributed by atoms with Gasteiger partial charge in [0.2, 0.25) is 15.9 Å². The van der Waals surface area contributed by atoms with Gasteiger partial charge < -0.3 is 5.32 Å². The van der Waals surface area contributed by atoms with Gasteiger partial charge in [-0.25, -0.2) is 8.42 Å². The van der Waals surface area contributed by atoms with Crippen molar-refractivity contribution in [3.05, 3.63) is 58.1 Å². The van der Waals surface area contributed by atoms with E-state index in [9.17, 15) is 13.2 Å². The Kier molecular flexibility index (Phi) is 5.58. The molecule has 8 heteroatoms. The number of para-hydroxylation sites is 1. The lowest BCUT2D eigenvalue weighted by molar-refractivity contribution is -0.119. The van der Waals surface area contributed by atoms with Crippen molar-refractivity contribution < 1.29 is 13.2 Å². The van der Waals surface area contributed by atoms with Crippen molar-refractivity contribution in [1.29, 1.82) is 0 Å². The first-order valence-corrected chi connectivity index (χ1v) is 10.3. The summed E-state index contributed by atoms with van der Waals surface area (Å²) in [5.41, 5.74) is 1.59. The van der Waals surface area contributed by atoms with E-state index in [-0.39, 0.29) is 27.4 Å². The zero-order valence-electron chi connectivity index (χ0n) is 14.1. The standard InChI is InChI=1S/C18H18Cl2N2O3S/c1-12-5-2-3-6-16(12)21-18(23)17-7-4-10-22(17)26(24,25)13-8-9-14(19)15(20)11-13/h2-3,5-6,8-9,11,17H,4,7,10H2,1H3,(H,21,23). The van der Waals surface area contributed by atoms with Crippen LogP contribution in [0.4, 0.5) is 5.69 Å². The predicted octanol–water partition coefficient (Wildman–Crippen LogP) is 4.09. The number of sulfonamides is 1. The monoisotopic (exact) mass is 412 g/mol. The van der Waals surface area contributed by atoms with Crippen LogP contribution in [0.5, 0.6) is 0 Å². The third kappa shape index (κ3) is 3.74. The average Bonchev–Trinajstić information content (AvgIpc) is 3.10. The molecule has 1 fully saturated rings. The van der Waals surface area contributed by atoms with Crippen molar-refractivity contribution in [3.8, 4) is 0 Å². The molecule has 0 saturated carbocycles. The Morgan fingerprint density at radius 2 is 1.88 bits per heavy atom. The Morgan fingerprint density at radius 3 is 2.58 bits per heavy atom. The van der Waals surface area contributed by atoms with Gasteiger partial charge in [-0.1, -0.05) is 41.4 Å². The fraction of sp³-hybridized carbons (Fsp3) is 0.278. The molecule has 2 aromatic carbocycles. The summed E-state index contributed by atoms with van der Waals surface area (Å²) in [4.78, 5) is 12.7. The van der Waals surface area contributed by atoms with Gasteiger partial charge in [-0.05, 0) is 49.6 Å². The van der Waals surface area contributed by atoms with Crippen molar-refractivity contribution in [2.24, 2.45) is 0 Å². The molecule has 2 aromatic rings. The van der Waals surface area contributed by atoms with E-state index < -0.39 is 16.1 Å². The number of rotatable bonds is 4. The average molecular weight is 413 g/mol. The first-order chi connectivity index (χ1) is 12.3. The molecule has 1 N–H and O–H groups in total. The van der Waals surface area contributed by atoms with Gasteiger partial charge >= 0.3 is 0 Å². The Morgan fingerprint density at radius 1 is 1.15 bits per heavy atom. The van der Waals surface area contributed by atoms with Crippen LogP contribution >= 0.6 is 23.2 Å². The molecular formula is C18H18Cl2N2O3S. The van der Waals surface area contributed by atoms with Crippen molar-refractivity contribution in [1.82, 2.24) is 4.31 Å². The van der Waals surface area contributed by atoms with E-state index in [1.165, 1.54) is 22.5 Å². The van der Waals surface area contributed by atoms with Gasteiger partial charge in [0.05, 0.1) is 14.9 Å². The molecule has 1 atom stereocenters. The number of halogens is 2. The number of amides is 1. The zero-order chi connectivity index (χ0) is 18.9. The summed E-state index contributed by atoms with van der Waals surface area (Å²) in [5, 5.41) is 3.27. The molecule has 138 valence electrons. The van der Waals surface area contributed by atoms with Crippen molar-refractivity contribution >= 4 is 44.8 Å². The quantitative estimate of drug-likeness (QED) is 0.821. The van der Waals surface area contributed by atoms with E-state index in [2.05, 4.69) is 5.32 Å². The number of benzene rings is 2. The fourth-order valence-corrected chi connectivity index (χ4v) is 5.04. The number of carbonyl (C=O) groups is 1. The number of hydrogen-bond donors (Lipinski definition) is 1. The fourth-order valence-electron chi connectivity index (χ4n) is 2.99. The lowest BCUT2D eigenvalue weighted by Crippen LogP contribution is -2.43. The van der Waals surface area contributed by atoms with Gasteiger partial charge in [-0.3, -0.25) is 4.79 Å². The van der Waals surface area contributed by atoms with E-state index in [0.717, 1.165) is 5.56 Å². The second kappa shape index (κ2) is 7.56. The normalized spacial score (nSPS) is 18.0. The summed E-state index contributed by atoms with van der Waals surface area (Å²) < 4.78 is 27.2. The van der Waals surface area contributed by atoms with Gasteiger partial charge in [-0.2, -0.15) is 4.31 Å². The maximum atomic E-state index is 13.0. The third-order valence-corrected chi connectivity index (χ3v) is 7.05. The van der Waals surface area contributed by atoms with Gasteiger partial charge in [0.1, 0.15) is 6.04 Å². The number of nitrogens with one attached hydrogen (secondary N) is 1. The predicted molar refractivity (Wildman–Crippen MR) is 103 cm³/mol. The van der Waals surface area contributed by atoms with Crippen LogP contribution < -0.4 is 5.32 Å². The summed E-state index contributed by atoms with van der Waals surface area (Å²) in [6.07, 6.45) is 1.09. The van der Waals surface area contributed by atoms with Crippen molar-refractivity contribution in [2.45, 2.75) is 30.7 Å². The molecule has 1 aliphatic rings. The van der Waals surface area contributed by atoms with Crippen LogP contribution in [0.15, 0.2) is 47.4 Å². The molecule has 0 aliphatic carbocycles. The molecule has 1 amide bonds. The first kappa shape index (κ1) is 19.2. The minimum atomic E-state index is -3.85. The van der Waals surface area contributed by atoms with Gasteiger partial charge in [0.25, 0.3) is 0 Å². The summed E-state index contributed by atoms with van der Waals surface area (Å²) in [5.74, 6) is -0.333. The smallest absolute Gasteiger partial charge is 0.243 e. The molecule has 0 spiro atoms. The Balaban J connectivity index is 1.86. The summed E-state index contributed by atoms with van der Waals surface area (Å²) in [6, 6.07) is 10.8. The van der Waals surface area contributed by atoms with Crippen LogP contribution in [0.1, 0.15) is 18.4 Å². The number of nitrogens with zero attached hydrogens (tertiary/aromatic N) is 1. The maximum Gasteiger partial charge on any atom is 0.243 e. The molecule has 0 bridgehead atoms. The minimum absolute atomic E-state index is 0.0301. The number of aryl methyl sites for hydroxylation is 1. The van der Waals surface area contributed by atoms with Crippen LogP contribution in [-0.2, 0) is 14.8 Å². The van der Waals surface area contributed by atoms with Crippen molar-refractivity contribution in [2.75, 3.05) is 11.9 Å². The summed E-state index contributed by atoms with van der Waals surface area (Å²) in [6.45, 7) is 2.17. The second-order valence-corrected chi connectivity index (χ2v) is 8.86. The molecular weight excluding hydrogens is 395 g/mol. The SMILES string of the molecule is Cc1ccccc1NC(=O)C1CCCN1S(=O)(=O)c1ccc(Cl)c(Cl)c1. The van der Waals surface area contributed by atoms with E-state index >= 15 is 0 Å². The first-order valence-electron chi connectivity index (χ1n) is 8.14. The Hall–Kier alpha value is -1.60. The molecule has 1 aliphatic heterocycles. The van der Waals surface area contributed by atoms with Crippen molar-refractivity contribution in [3.63, 3.8) is 0 Å². The topological polar surface area (TPSA) is 66.5 Å². The largest absolute Gasteiger partial charge is 0.324 e. The highest BCUT2D eigenvalue weighted by molar-refractivity contribution is 7.89. The van der Waals surface area contributed by atoms with E-state index in [0.29, 0.717) is 18.5 Å². The minimum Gasteiger partial charge on any atom is -0.324 e. The molecule has 1 unspecified atom stereocenters. The van der Waals surface area contributed by atoms with Gasteiger partial charge in [-0.15, -0.1) is 0 Å². The van der Waals surface area contributed by atoms with E-state index in [4.69, 9.17) is 23.2 Å². The van der Waals surface area contributed by atoms with Crippen LogP contribution in [0, 0.1) is 6.92 Å². The van der Waals surface area contributed by atoms with E-state index in [1.807, 2.05) is 25.1 Å².